The summed E-state index contributed by atoms with van der Waals surface area (Å²) in [6.45, 7) is 8.37. The molecule has 0 saturated heterocycles. The van der Waals surface area contributed by atoms with Crippen LogP contribution in [0, 0.1) is 27.7 Å². The van der Waals surface area contributed by atoms with E-state index >= 15 is 0 Å². The molecule has 2 nitrogen and oxygen atoms in total. The van der Waals surface area contributed by atoms with Crippen molar-refractivity contribution in [3.63, 3.8) is 0 Å². The topological polar surface area (TPSA) is 18.5 Å². The lowest BCUT2D eigenvalue weighted by molar-refractivity contribution is 0.387. The van der Waals surface area contributed by atoms with Gasteiger partial charge in [-0.05, 0) is 56.0 Å². The van der Waals surface area contributed by atoms with Crippen LogP contribution in [0.5, 0.6) is 11.5 Å². The van der Waals surface area contributed by atoms with E-state index in [9.17, 15) is 0 Å². The second kappa shape index (κ2) is 5.58. The highest BCUT2D eigenvalue weighted by atomic mass is 16.5. The van der Waals surface area contributed by atoms with Gasteiger partial charge in [-0.1, -0.05) is 23.8 Å². The monoisotopic (exact) mass is 270 g/mol. The smallest absolute Gasteiger partial charge is 0.128 e. The highest BCUT2D eigenvalue weighted by Gasteiger charge is 2.16. The Balaban J connectivity index is 2.73. The fraction of sp³-hybridized carbons (Fsp3) is 0.333. The molecule has 0 spiro atoms. The van der Waals surface area contributed by atoms with Gasteiger partial charge in [-0.15, -0.1) is 0 Å². The van der Waals surface area contributed by atoms with E-state index in [-0.39, 0.29) is 0 Å². The third kappa shape index (κ3) is 2.38. The molecule has 0 saturated carbocycles. The summed E-state index contributed by atoms with van der Waals surface area (Å²) in [6, 6.07) is 8.61. The van der Waals surface area contributed by atoms with Crippen LogP contribution in [0.3, 0.4) is 0 Å². The van der Waals surface area contributed by atoms with Crippen LogP contribution in [0.2, 0.25) is 0 Å². The maximum absolute atomic E-state index is 5.56. The van der Waals surface area contributed by atoms with Crippen molar-refractivity contribution >= 4 is 0 Å². The molecule has 0 heterocycles. The maximum Gasteiger partial charge on any atom is 0.128 e. The lowest BCUT2D eigenvalue weighted by atomic mass is 9.93. The molecule has 0 atom stereocenters. The summed E-state index contributed by atoms with van der Waals surface area (Å²) in [7, 11) is 3.41. The molecule has 2 rings (SSSR count). The molecule has 0 bridgehead atoms. The molecule has 0 N–H and O–H groups in total. The number of aryl methyl sites for hydroxylation is 2. The molecule has 0 aromatic heterocycles. The molecule has 20 heavy (non-hydrogen) atoms. The Labute approximate surface area is 121 Å². The number of ether oxygens (including phenoxy) is 2. The summed E-state index contributed by atoms with van der Waals surface area (Å²) in [6.07, 6.45) is 0. The molecule has 0 fully saturated rings. The van der Waals surface area contributed by atoms with Crippen LogP contribution in [-0.4, -0.2) is 14.2 Å². The zero-order valence-electron chi connectivity index (χ0n) is 13.1. The van der Waals surface area contributed by atoms with Gasteiger partial charge in [0.15, 0.2) is 0 Å². The number of rotatable bonds is 3. The normalized spacial score (nSPS) is 10.5. The second-order valence-corrected chi connectivity index (χ2v) is 5.23. The van der Waals surface area contributed by atoms with E-state index in [2.05, 4.69) is 45.0 Å². The average molecular weight is 270 g/mol. The van der Waals surface area contributed by atoms with Crippen LogP contribution in [0.25, 0.3) is 11.1 Å². The SMILES string of the molecule is COc1cc(-c2ccc(C)cc2C)c(C)c(OC)c1C. The Kier molecular flexibility index (Phi) is 4.03. The molecule has 2 aromatic carbocycles. The summed E-state index contributed by atoms with van der Waals surface area (Å²) in [5.74, 6) is 1.77. The molecule has 0 unspecified atom stereocenters. The third-order valence-corrected chi connectivity index (χ3v) is 3.83. The number of methoxy groups -OCH3 is 2. The number of hydrogen-bond donors (Lipinski definition) is 0. The molecule has 0 amide bonds. The predicted octanol–water partition coefficient (Wildman–Crippen LogP) is 4.60. The van der Waals surface area contributed by atoms with Crippen molar-refractivity contribution in [1.82, 2.24) is 0 Å². The summed E-state index contributed by atoms with van der Waals surface area (Å²) < 4.78 is 11.1. The first kappa shape index (κ1) is 14.4. The molecule has 0 radical (unpaired) electrons. The molecule has 2 heteroatoms. The maximum atomic E-state index is 5.56. The Bertz CT molecular complexity index is 642. The number of hydrogen-bond acceptors (Lipinski definition) is 2. The van der Waals surface area contributed by atoms with Gasteiger partial charge in [-0.3, -0.25) is 0 Å². The van der Waals surface area contributed by atoms with Crippen molar-refractivity contribution in [2.75, 3.05) is 14.2 Å². The average Bonchev–Trinajstić information content (AvgIpc) is 2.41. The van der Waals surface area contributed by atoms with Crippen LogP contribution in [-0.2, 0) is 0 Å². The van der Waals surface area contributed by atoms with Gasteiger partial charge < -0.3 is 9.47 Å². The van der Waals surface area contributed by atoms with E-state index in [1.165, 1.54) is 22.3 Å². The van der Waals surface area contributed by atoms with E-state index in [1.54, 1.807) is 14.2 Å². The molecule has 0 aliphatic rings. The fourth-order valence-corrected chi connectivity index (χ4v) is 2.78. The van der Waals surface area contributed by atoms with Crippen LogP contribution in [0.4, 0.5) is 0 Å². The summed E-state index contributed by atoms with van der Waals surface area (Å²) in [5, 5.41) is 0. The van der Waals surface area contributed by atoms with Gasteiger partial charge in [0, 0.05) is 5.56 Å². The van der Waals surface area contributed by atoms with Gasteiger partial charge >= 0.3 is 0 Å². The van der Waals surface area contributed by atoms with Crippen molar-refractivity contribution in [2.24, 2.45) is 0 Å². The third-order valence-electron chi connectivity index (χ3n) is 3.83. The Morgan fingerprint density at radius 2 is 1.45 bits per heavy atom. The van der Waals surface area contributed by atoms with Gasteiger partial charge in [-0.2, -0.15) is 0 Å². The van der Waals surface area contributed by atoms with Crippen LogP contribution in [0.1, 0.15) is 22.3 Å². The van der Waals surface area contributed by atoms with E-state index in [4.69, 9.17) is 9.47 Å². The van der Waals surface area contributed by atoms with Crippen molar-refractivity contribution in [3.8, 4) is 22.6 Å². The molecule has 106 valence electrons. The first-order chi connectivity index (χ1) is 9.49. The van der Waals surface area contributed by atoms with Crippen LogP contribution in [0.15, 0.2) is 24.3 Å². The minimum atomic E-state index is 0.863. The first-order valence-electron chi connectivity index (χ1n) is 6.79. The highest BCUT2D eigenvalue weighted by Crippen LogP contribution is 2.39. The highest BCUT2D eigenvalue weighted by molar-refractivity contribution is 5.76. The van der Waals surface area contributed by atoms with Crippen LogP contribution >= 0.6 is 0 Å². The van der Waals surface area contributed by atoms with Crippen molar-refractivity contribution in [3.05, 3.63) is 46.5 Å². The van der Waals surface area contributed by atoms with E-state index < -0.39 is 0 Å². The molecule has 2 aromatic rings. The summed E-state index contributed by atoms with van der Waals surface area (Å²) in [4.78, 5) is 0. The number of benzene rings is 2. The molecule has 0 aliphatic heterocycles. The largest absolute Gasteiger partial charge is 0.496 e. The minimum Gasteiger partial charge on any atom is -0.496 e. The minimum absolute atomic E-state index is 0.863. The lowest BCUT2D eigenvalue weighted by Crippen LogP contribution is -1.98. The fourth-order valence-electron chi connectivity index (χ4n) is 2.78. The van der Waals surface area contributed by atoms with Crippen molar-refractivity contribution in [2.45, 2.75) is 27.7 Å². The van der Waals surface area contributed by atoms with Gasteiger partial charge in [-0.25, -0.2) is 0 Å². The Hall–Kier alpha value is -1.96. The van der Waals surface area contributed by atoms with E-state index in [0.29, 0.717) is 0 Å². The standard InChI is InChI=1S/C18H22O2/c1-11-7-8-15(12(2)9-11)16-10-17(19-5)14(4)18(20-6)13(16)3/h7-10H,1-6H3. The van der Waals surface area contributed by atoms with Gasteiger partial charge in [0.05, 0.1) is 14.2 Å². The quantitative estimate of drug-likeness (QED) is 0.811. The summed E-state index contributed by atoms with van der Waals surface area (Å²) in [5.41, 5.74) is 7.13. The summed E-state index contributed by atoms with van der Waals surface area (Å²) >= 11 is 0. The zero-order chi connectivity index (χ0) is 14.9. The van der Waals surface area contributed by atoms with Gasteiger partial charge in [0.25, 0.3) is 0 Å². The van der Waals surface area contributed by atoms with Gasteiger partial charge in [0.1, 0.15) is 11.5 Å². The lowest BCUT2D eigenvalue weighted by Gasteiger charge is -2.18. The van der Waals surface area contributed by atoms with E-state index in [0.717, 1.165) is 22.6 Å². The molecular weight excluding hydrogens is 248 g/mol. The van der Waals surface area contributed by atoms with Crippen molar-refractivity contribution in [1.29, 1.82) is 0 Å². The van der Waals surface area contributed by atoms with Crippen LogP contribution < -0.4 is 9.47 Å². The predicted molar refractivity (Wildman–Crippen MR) is 83.9 cm³/mol. The van der Waals surface area contributed by atoms with Gasteiger partial charge in [0.2, 0.25) is 0 Å². The Morgan fingerprint density at radius 3 is 2.00 bits per heavy atom. The van der Waals surface area contributed by atoms with E-state index in [1.807, 2.05) is 6.92 Å². The Morgan fingerprint density at radius 1 is 0.750 bits per heavy atom. The zero-order valence-corrected chi connectivity index (χ0v) is 13.1. The second-order valence-electron chi connectivity index (χ2n) is 5.23. The first-order valence-corrected chi connectivity index (χ1v) is 6.79. The molecular formula is C18H22O2. The molecule has 0 aliphatic carbocycles. The van der Waals surface area contributed by atoms with Crippen molar-refractivity contribution < 1.29 is 9.47 Å².